The fourth-order valence-electron chi connectivity index (χ4n) is 11.4. The van der Waals surface area contributed by atoms with Crippen LogP contribution in [0.4, 0.5) is 15.3 Å². The van der Waals surface area contributed by atoms with Crippen LogP contribution in [0.5, 0.6) is 5.75 Å². The molecular weight excluding hydrogens is 1220 g/mol. The molecule has 0 spiro atoms. The van der Waals surface area contributed by atoms with E-state index in [-0.39, 0.29) is 62.4 Å². The van der Waals surface area contributed by atoms with Gasteiger partial charge in [-0.05, 0) is 178 Å². The molecule has 1 heterocycles. The standard InChI is InChI=1S/C73H113N11O12/c1-13-14-28-54-38-40-63(55(47-54)31-21-16-15-17-22-36-64(86)74-41-42-75-71(93)96-73(7,8)9)95-72(94)83(12)61-34-24-23-32-56(61)48-76-66(88)59(45-50(2)3)80-68(90)57(33-25-26-43-82(10)11)79-69(91)58(39-37-53-29-19-18-20-30-53)78-65(87)49-77-67(89)60(46-51(4)5)81-70(92)62-35-27-44-84(62)52(6)85/h18-20,23-24,29-30,32,34,38,40,47,50-51,57-60,62H,13-17,21-22,25-28,31,33,35-37,39,41-46,48-49H2,1-12H3,(H,74,86)(H,75,93)(H,76,88)(H,77,89)(H,78,87)(H,79,91)(H,80,90)(H,81,92)/t57-,58-,59-,60-,62?/m0/s1. The van der Waals surface area contributed by atoms with Crippen molar-refractivity contribution < 1.29 is 57.4 Å². The van der Waals surface area contributed by atoms with Crippen LogP contribution in [0.25, 0.3) is 0 Å². The summed E-state index contributed by atoms with van der Waals surface area (Å²) in [7, 11) is 5.49. The minimum atomic E-state index is -1.15. The van der Waals surface area contributed by atoms with E-state index in [1.807, 2.05) is 89.2 Å². The number of aryl methyl sites for hydroxylation is 3. The molecule has 1 unspecified atom stereocenters. The Morgan fingerprint density at radius 1 is 0.594 bits per heavy atom. The first-order valence-corrected chi connectivity index (χ1v) is 34.7. The number of amides is 10. The van der Waals surface area contributed by atoms with Gasteiger partial charge < -0.3 is 61.8 Å². The van der Waals surface area contributed by atoms with Gasteiger partial charge in [-0.25, -0.2) is 9.59 Å². The molecule has 1 aliphatic heterocycles. The SMILES string of the molecule is CCCCc1ccc(OC(=O)N(C)c2ccccc2CNC(=O)[C@H](CC(C)C)NC(=O)[C@H](CCCCN(C)C)NC(=O)[C@H](CCc2ccccc2)NC(=O)CNC(=O)[C@H](CC(C)C)NC(=O)C2CCCN2C(C)=O)c(CCCCCCCC(=O)NCCNC(=O)OC(C)(C)C)c1. The summed E-state index contributed by atoms with van der Waals surface area (Å²) < 4.78 is 11.4. The van der Waals surface area contributed by atoms with Gasteiger partial charge in [-0.2, -0.15) is 0 Å². The highest BCUT2D eigenvalue weighted by molar-refractivity contribution is 5.96. The number of para-hydroxylation sites is 1. The van der Waals surface area contributed by atoms with E-state index in [9.17, 15) is 47.9 Å². The molecule has 10 amide bonds. The molecule has 0 radical (unpaired) electrons. The first kappa shape index (κ1) is 80.4. The van der Waals surface area contributed by atoms with Crippen molar-refractivity contribution in [3.8, 4) is 5.75 Å². The lowest BCUT2D eigenvalue weighted by Crippen LogP contribution is -2.57. The molecule has 23 nitrogen and oxygen atoms in total. The highest BCUT2D eigenvalue weighted by Crippen LogP contribution is 2.27. The molecule has 0 bridgehead atoms. The number of carbonyl (C=O) groups excluding carboxylic acids is 10. The Hall–Kier alpha value is -8.08. The quantitative estimate of drug-likeness (QED) is 0.0248. The number of nitrogens with one attached hydrogen (secondary N) is 8. The second-order valence-electron chi connectivity index (χ2n) is 27.3. The van der Waals surface area contributed by atoms with Gasteiger partial charge in [-0.15, -0.1) is 0 Å². The zero-order valence-electron chi connectivity index (χ0n) is 59.4. The largest absolute Gasteiger partial charge is 0.444 e. The number of carbonyl (C=O) groups is 10. The number of likely N-dealkylation sites (tertiary alicyclic amines) is 1. The molecule has 23 heteroatoms. The summed E-state index contributed by atoms with van der Waals surface area (Å²) in [6, 6.07) is 17.5. The summed E-state index contributed by atoms with van der Waals surface area (Å²) in [4.78, 5) is 140. The lowest BCUT2D eigenvalue weighted by molar-refractivity contribution is -0.138. The maximum absolute atomic E-state index is 14.6. The average Bonchev–Trinajstić information content (AvgIpc) is 1.03. The van der Waals surface area contributed by atoms with Crippen LogP contribution in [0.2, 0.25) is 0 Å². The van der Waals surface area contributed by atoms with E-state index in [0.717, 1.165) is 74.6 Å². The molecule has 5 atom stereocenters. The molecule has 1 fully saturated rings. The van der Waals surface area contributed by atoms with Crippen LogP contribution in [0.15, 0.2) is 72.8 Å². The molecule has 3 aromatic rings. The molecule has 8 N–H and O–H groups in total. The van der Waals surface area contributed by atoms with Crippen molar-refractivity contribution >= 4 is 65.1 Å². The third-order valence-corrected chi connectivity index (χ3v) is 16.4. The topological polar surface area (TPSA) is 295 Å². The Morgan fingerprint density at radius 3 is 1.89 bits per heavy atom. The summed E-state index contributed by atoms with van der Waals surface area (Å²) >= 11 is 0. The van der Waals surface area contributed by atoms with Gasteiger partial charge in [-0.1, -0.05) is 121 Å². The van der Waals surface area contributed by atoms with Crippen LogP contribution in [0.3, 0.4) is 0 Å². The molecule has 4 rings (SSSR count). The van der Waals surface area contributed by atoms with Gasteiger partial charge >= 0.3 is 12.2 Å². The van der Waals surface area contributed by atoms with Crippen molar-refractivity contribution in [2.75, 3.05) is 58.8 Å². The van der Waals surface area contributed by atoms with E-state index >= 15 is 0 Å². The van der Waals surface area contributed by atoms with Crippen LogP contribution in [-0.2, 0) is 68.9 Å². The van der Waals surface area contributed by atoms with Gasteiger partial charge in [-0.3, -0.25) is 43.3 Å². The number of benzene rings is 3. The zero-order valence-corrected chi connectivity index (χ0v) is 59.4. The number of anilines is 1. The van der Waals surface area contributed by atoms with Crippen LogP contribution in [-0.4, -0.2) is 159 Å². The highest BCUT2D eigenvalue weighted by Gasteiger charge is 2.36. The van der Waals surface area contributed by atoms with Crippen molar-refractivity contribution in [3.05, 3.63) is 95.1 Å². The summed E-state index contributed by atoms with van der Waals surface area (Å²) in [5.41, 5.74) is 3.50. The van der Waals surface area contributed by atoms with Crippen LogP contribution >= 0.6 is 0 Å². The van der Waals surface area contributed by atoms with Gasteiger partial charge in [0.25, 0.3) is 0 Å². The van der Waals surface area contributed by atoms with Crippen LogP contribution in [0.1, 0.15) is 187 Å². The van der Waals surface area contributed by atoms with E-state index < -0.39 is 90.0 Å². The predicted molar refractivity (Wildman–Crippen MR) is 374 cm³/mol. The lowest BCUT2D eigenvalue weighted by atomic mass is 10.00. The minimum absolute atomic E-state index is 0.00619. The predicted octanol–water partition coefficient (Wildman–Crippen LogP) is 8.33. The number of ether oxygens (including phenoxy) is 2. The molecule has 0 aliphatic carbocycles. The van der Waals surface area contributed by atoms with E-state index in [4.69, 9.17) is 9.47 Å². The summed E-state index contributed by atoms with van der Waals surface area (Å²) in [5.74, 6) is -3.30. The van der Waals surface area contributed by atoms with Crippen molar-refractivity contribution in [3.63, 3.8) is 0 Å². The third-order valence-electron chi connectivity index (χ3n) is 16.4. The number of hydrogen-bond donors (Lipinski definition) is 8. The van der Waals surface area contributed by atoms with Gasteiger partial charge in [0.1, 0.15) is 41.6 Å². The van der Waals surface area contributed by atoms with Gasteiger partial charge in [0.05, 0.1) is 12.2 Å². The molecule has 1 saturated heterocycles. The van der Waals surface area contributed by atoms with Crippen molar-refractivity contribution in [1.82, 2.24) is 52.3 Å². The zero-order chi connectivity index (χ0) is 70.7. The third kappa shape index (κ3) is 30.8. The van der Waals surface area contributed by atoms with Crippen molar-refractivity contribution in [2.24, 2.45) is 11.8 Å². The average molecular weight is 1340 g/mol. The lowest BCUT2D eigenvalue weighted by Gasteiger charge is -2.27. The van der Waals surface area contributed by atoms with E-state index in [1.165, 1.54) is 16.7 Å². The minimum Gasteiger partial charge on any atom is -0.444 e. The van der Waals surface area contributed by atoms with E-state index in [1.54, 1.807) is 52.1 Å². The first-order valence-electron chi connectivity index (χ1n) is 34.7. The summed E-state index contributed by atoms with van der Waals surface area (Å²) in [6.07, 6.45) is 10.8. The monoisotopic (exact) mass is 1340 g/mol. The van der Waals surface area contributed by atoms with Gasteiger partial charge in [0.2, 0.25) is 47.3 Å². The molecule has 0 saturated carbocycles. The maximum Gasteiger partial charge on any atom is 0.419 e. The number of rotatable bonds is 41. The molecular formula is C73H113N11O12. The van der Waals surface area contributed by atoms with Crippen LogP contribution in [0, 0.1) is 11.8 Å². The fraction of sp³-hybridized carbons (Fsp3) is 0.616. The van der Waals surface area contributed by atoms with Crippen LogP contribution < -0.4 is 52.2 Å². The molecule has 3 aromatic carbocycles. The highest BCUT2D eigenvalue weighted by atomic mass is 16.6. The normalized spacial score (nSPS) is 14.2. The summed E-state index contributed by atoms with van der Waals surface area (Å²) in [5, 5.41) is 22.6. The van der Waals surface area contributed by atoms with Crippen molar-refractivity contribution in [1.29, 1.82) is 0 Å². The number of unbranched alkanes of at least 4 members (excludes halogenated alkanes) is 6. The molecule has 0 aromatic heterocycles. The number of nitrogens with zero attached hydrogens (tertiary/aromatic N) is 3. The second-order valence-corrected chi connectivity index (χ2v) is 27.3. The Morgan fingerprint density at radius 2 is 1.22 bits per heavy atom. The summed E-state index contributed by atoms with van der Waals surface area (Å²) in [6.45, 7) is 17.8. The van der Waals surface area contributed by atoms with Crippen molar-refractivity contribution in [2.45, 2.75) is 227 Å². The van der Waals surface area contributed by atoms with Gasteiger partial charge in [0, 0.05) is 46.6 Å². The Balaban J connectivity index is 1.43. The molecule has 532 valence electrons. The second kappa shape index (κ2) is 42.5. The maximum atomic E-state index is 14.6. The number of alkyl carbamates (subject to hydrolysis) is 1. The Labute approximate surface area is 570 Å². The Bertz CT molecular complexity index is 2970. The molecule has 1 aliphatic rings. The first-order chi connectivity index (χ1) is 45.6. The van der Waals surface area contributed by atoms with Gasteiger partial charge in [0.15, 0.2) is 0 Å². The van der Waals surface area contributed by atoms with E-state index in [2.05, 4.69) is 55.5 Å². The fourth-order valence-corrected chi connectivity index (χ4v) is 11.4. The number of hydrogen-bond acceptors (Lipinski definition) is 13. The van der Waals surface area contributed by atoms with E-state index in [0.29, 0.717) is 75.0 Å². The smallest absolute Gasteiger partial charge is 0.419 e. The Kier molecular flexibility index (Phi) is 35.5. The molecule has 96 heavy (non-hydrogen) atoms.